The SMILES string of the molecule is Cc1nc(C(=O)N(c2ccccc2)C(C)C)cs1. The highest BCUT2D eigenvalue weighted by Crippen LogP contribution is 2.20. The Morgan fingerprint density at radius 2 is 1.94 bits per heavy atom. The molecular formula is C14H16N2OS. The monoisotopic (exact) mass is 260 g/mol. The van der Waals surface area contributed by atoms with Gasteiger partial charge in [-0.25, -0.2) is 4.98 Å². The Balaban J connectivity index is 2.35. The molecule has 0 N–H and O–H groups in total. The van der Waals surface area contributed by atoms with E-state index in [1.165, 1.54) is 11.3 Å². The van der Waals surface area contributed by atoms with Crippen molar-refractivity contribution in [1.29, 1.82) is 0 Å². The van der Waals surface area contributed by atoms with E-state index in [-0.39, 0.29) is 11.9 Å². The lowest BCUT2D eigenvalue weighted by Gasteiger charge is -2.26. The summed E-state index contributed by atoms with van der Waals surface area (Å²) in [4.78, 5) is 18.5. The Morgan fingerprint density at radius 1 is 1.28 bits per heavy atom. The van der Waals surface area contributed by atoms with E-state index in [0.29, 0.717) is 5.69 Å². The second-order valence-corrected chi connectivity index (χ2v) is 5.42. The number of benzene rings is 1. The zero-order valence-electron chi connectivity index (χ0n) is 10.8. The van der Waals surface area contributed by atoms with E-state index in [2.05, 4.69) is 4.98 Å². The van der Waals surface area contributed by atoms with Crippen molar-refractivity contribution < 1.29 is 4.79 Å². The molecule has 4 heteroatoms. The summed E-state index contributed by atoms with van der Waals surface area (Å²) in [5, 5.41) is 2.73. The number of carbonyl (C=O) groups is 1. The summed E-state index contributed by atoms with van der Waals surface area (Å²) in [6.45, 7) is 5.91. The molecule has 0 atom stereocenters. The third kappa shape index (κ3) is 2.59. The van der Waals surface area contributed by atoms with E-state index in [1.54, 1.807) is 4.90 Å². The molecule has 3 nitrogen and oxygen atoms in total. The van der Waals surface area contributed by atoms with E-state index in [0.717, 1.165) is 10.7 Å². The lowest BCUT2D eigenvalue weighted by Crippen LogP contribution is -2.37. The first kappa shape index (κ1) is 12.8. The lowest BCUT2D eigenvalue weighted by atomic mass is 10.2. The van der Waals surface area contributed by atoms with Crippen LogP contribution in [0.1, 0.15) is 29.3 Å². The number of hydrogen-bond donors (Lipinski definition) is 0. The molecule has 0 radical (unpaired) electrons. The third-order valence-electron chi connectivity index (χ3n) is 2.61. The summed E-state index contributed by atoms with van der Waals surface area (Å²) in [6.07, 6.45) is 0. The fourth-order valence-electron chi connectivity index (χ4n) is 1.82. The highest BCUT2D eigenvalue weighted by Gasteiger charge is 2.22. The predicted molar refractivity (Wildman–Crippen MR) is 75.2 cm³/mol. The Bertz CT molecular complexity index is 534. The maximum Gasteiger partial charge on any atom is 0.277 e. The summed E-state index contributed by atoms with van der Waals surface area (Å²) < 4.78 is 0. The van der Waals surface area contributed by atoms with E-state index >= 15 is 0 Å². The van der Waals surface area contributed by atoms with Crippen molar-refractivity contribution in [2.45, 2.75) is 26.8 Å². The van der Waals surface area contributed by atoms with Crippen LogP contribution >= 0.6 is 11.3 Å². The number of hydrogen-bond acceptors (Lipinski definition) is 3. The summed E-state index contributed by atoms with van der Waals surface area (Å²) >= 11 is 1.50. The van der Waals surface area contributed by atoms with Gasteiger partial charge in [0, 0.05) is 17.1 Å². The van der Waals surface area contributed by atoms with Gasteiger partial charge in [0.25, 0.3) is 5.91 Å². The van der Waals surface area contributed by atoms with Crippen LogP contribution < -0.4 is 4.90 Å². The van der Waals surface area contributed by atoms with Crippen molar-refractivity contribution in [3.8, 4) is 0 Å². The Labute approximate surface area is 111 Å². The van der Waals surface area contributed by atoms with E-state index in [9.17, 15) is 4.79 Å². The maximum atomic E-state index is 12.5. The van der Waals surface area contributed by atoms with E-state index in [1.807, 2.05) is 56.5 Å². The average molecular weight is 260 g/mol. The fourth-order valence-corrected chi connectivity index (χ4v) is 2.41. The molecule has 1 heterocycles. The maximum absolute atomic E-state index is 12.5. The molecule has 1 aromatic carbocycles. The molecular weight excluding hydrogens is 244 g/mol. The molecule has 0 aliphatic carbocycles. The van der Waals surface area contributed by atoms with Gasteiger partial charge < -0.3 is 4.90 Å². The second kappa shape index (κ2) is 5.31. The van der Waals surface area contributed by atoms with Crippen LogP contribution in [0.2, 0.25) is 0 Å². The number of thiazole rings is 1. The molecule has 2 rings (SSSR count). The van der Waals surface area contributed by atoms with Gasteiger partial charge in [0.1, 0.15) is 5.69 Å². The fraction of sp³-hybridized carbons (Fsp3) is 0.286. The summed E-state index contributed by atoms with van der Waals surface area (Å²) in [5.41, 5.74) is 1.43. The highest BCUT2D eigenvalue weighted by atomic mass is 32.1. The molecule has 2 aromatic rings. The predicted octanol–water partition coefficient (Wildman–Crippen LogP) is 3.51. The van der Waals surface area contributed by atoms with Crippen LogP contribution in [0, 0.1) is 6.92 Å². The molecule has 18 heavy (non-hydrogen) atoms. The number of amides is 1. The van der Waals surface area contributed by atoms with Gasteiger partial charge in [-0.2, -0.15) is 0 Å². The number of rotatable bonds is 3. The van der Waals surface area contributed by atoms with Gasteiger partial charge >= 0.3 is 0 Å². The number of para-hydroxylation sites is 1. The number of aromatic nitrogens is 1. The Hall–Kier alpha value is -1.68. The molecule has 0 saturated carbocycles. The van der Waals surface area contributed by atoms with Gasteiger partial charge in [-0.1, -0.05) is 18.2 Å². The van der Waals surface area contributed by atoms with Gasteiger partial charge in [0.2, 0.25) is 0 Å². The minimum Gasteiger partial charge on any atom is -0.305 e. The van der Waals surface area contributed by atoms with Crippen molar-refractivity contribution in [1.82, 2.24) is 4.98 Å². The van der Waals surface area contributed by atoms with Crippen molar-refractivity contribution in [3.63, 3.8) is 0 Å². The number of carbonyl (C=O) groups excluding carboxylic acids is 1. The standard InChI is InChI=1S/C14H16N2OS/c1-10(2)16(12-7-5-4-6-8-12)14(17)13-9-18-11(3)15-13/h4-10H,1-3H3. The van der Waals surface area contributed by atoms with Crippen molar-refractivity contribution >= 4 is 22.9 Å². The van der Waals surface area contributed by atoms with Crippen LogP contribution in [0.5, 0.6) is 0 Å². The summed E-state index contributed by atoms with van der Waals surface area (Å²) in [6, 6.07) is 9.80. The van der Waals surface area contributed by atoms with Crippen molar-refractivity contribution in [2.75, 3.05) is 4.90 Å². The molecule has 1 aromatic heterocycles. The molecule has 94 valence electrons. The molecule has 0 spiro atoms. The normalized spacial score (nSPS) is 10.7. The highest BCUT2D eigenvalue weighted by molar-refractivity contribution is 7.09. The molecule has 0 saturated heterocycles. The molecule has 0 fully saturated rings. The van der Waals surface area contributed by atoms with Crippen LogP contribution in [0.15, 0.2) is 35.7 Å². The lowest BCUT2D eigenvalue weighted by molar-refractivity contribution is 0.0976. The van der Waals surface area contributed by atoms with Gasteiger partial charge in [0.15, 0.2) is 0 Å². The van der Waals surface area contributed by atoms with Crippen molar-refractivity contribution in [2.24, 2.45) is 0 Å². The minimum atomic E-state index is -0.0412. The van der Waals surface area contributed by atoms with Crippen LogP contribution in [-0.2, 0) is 0 Å². The molecule has 0 aliphatic rings. The Morgan fingerprint density at radius 3 is 2.44 bits per heavy atom. The van der Waals surface area contributed by atoms with E-state index < -0.39 is 0 Å². The second-order valence-electron chi connectivity index (χ2n) is 4.36. The van der Waals surface area contributed by atoms with Crippen LogP contribution in [-0.4, -0.2) is 16.9 Å². The van der Waals surface area contributed by atoms with Crippen LogP contribution in [0.25, 0.3) is 0 Å². The number of nitrogens with zero attached hydrogens (tertiary/aromatic N) is 2. The first-order chi connectivity index (χ1) is 8.59. The summed E-state index contributed by atoms with van der Waals surface area (Å²) in [7, 11) is 0. The Kier molecular flexibility index (Phi) is 3.77. The molecule has 0 unspecified atom stereocenters. The zero-order valence-corrected chi connectivity index (χ0v) is 11.6. The summed E-state index contributed by atoms with van der Waals surface area (Å²) in [5.74, 6) is -0.0412. The third-order valence-corrected chi connectivity index (χ3v) is 3.38. The largest absolute Gasteiger partial charge is 0.305 e. The van der Waals surface area contributed by atoms with Gasteiger partial charge in [-0.05, 0) is 32.9 Å². The average Bonchev–Trinajstić information content (AvgIpc) is 2.77. The topological polar surface area (TPSA) is 33.2 Å². The molecule has 0 bridgehead atoms. The number of anilines is 1. The molecule has 0 aliphatic heterocycles. The van der Waals surface area contributed by atoms with Gasteiger partial charge in [0.05, 0.1) is 5.01 Å². The van der Waals surface area contributed by atoms with E-state index in [4.69, 9.17) is 0 Å². The first-order valence-electron chi connectivity index (χ1n) is 5.90. The van der Waals surface area contributed by atoms with Gasteiger partial charge in [-0.15, -0.1) is 11.3 Å². The van der Waals surface area contributed by atoms with Gasteiger partial charge in [-0.3, -0.25) is 4.79 Å². The smallest absolute Gasteiger partial charge is 0.277 e. The number of aryl methyl sites for hydroxylation is 1. The van der Waals surface area contributed by atoms with Crippen molar-refractivity contribution in [3.05, 3.63) is 46.4 Å². The first-order valence-corrected chi connectivity index (χ1v) is 6.78. The van der Waals surface area contributed by atoms with Crippen LogP contribution in [0.4, 0.5) is 5.69 Å². The molecule has 1 amide bonds. The van der Waals surface area contributed by atoms with Crippen LogP contribution in [0.3, 0.4) is 0 Å². The minimum absolute atomic E-state index is 0.0412. The quantitative estimate of drug-likeness (QED) is 0.846. The zero-order chi connectivity index (χ0) is 13.1.